The molecule has 1 N–H and O–H groups in total. The van der Waals surface area contributed by atoms with Crippen LogP contribution in [0, 0.1) is 0 Å². The van der Waals surface area contributed by atoms with Gasteiger partial charge in [0.25, 0.3) is 0 Å². The minimum absolute atomic E-state index is 0.177. The lowest BCUT2D eigenvalue weighted by molar-refractivity contribution is 0.0697. The molecule has 1 aromatic heterocycles. The summed E-state index contributed by atoms with van der Waals surface area (Å²) in [7, 11) is 0. The van der Waals surface area contributed by atoms with Gasteiger partial charge in [-0.15, -0.1) is 0 Å². The number of nitrogens with zero attached hydrogens (tertiary/aromatic N) is 2. The van der Waals surface area contributed by atoms with E-state index in [0.717, 1.165) is 6.42 Å². The molecule has 4 nitrogen and oxygen atoms in total. The molecule has 2 rings (SSSR count). The molecular weight excluding hydrogens is 252 g/mol. The fourth-order valence-electron chi connectivity index (χ4n) is 1.77. The average molecular weight is 265 g/mol. The Kier molecular flexibility index (Phi) is 3.67. The lowest BCUT2D eigenvalue weighted by Gasteiger charge is -2.01. The predicted octanol–water partition coefficient (Wildman–Crippen LogP) is 3.31. The van der Waals surface area contributed by atoms with Crippen molar-refractivity contribution in [3.8, 4) is 11.3 Å². The van der Waals surface area contributed by atoms with Gasteiger partial charge in [-0.25, -0.2) is 4.79 Å². The number of hydrogen-bond donors (Lipinski definition) is 1. The minimum atomic E-state index is -0.993. The maximum Gasteiger partial charge on any atom is 0.339 e. The lowest BCUT2D eigenvalue weighted by Crippen LogP contribution is -1.97. The second-order valence-corrected chi connectivity index (χ2v) is 4.35. The van der Waals surface area contributed by atoms with E-state index < -0.39 is 5.97 Å². The van der Waals surface area contributed by atoms with Crippen molar-refractivity contribution < 1.29 is 9.90 Å². The number of halogens is 1. The maximum atomic E-state index is 11.2. The SMILES string of the molecule is CCCn1cc(C(=O)O)c(-c2ccccc2Cl)n1. The van der Waals surface area contributed by atoms with Crippen LogP contribution in [-0.2, 0) is 6.54 Å². The minimum Gasteiger partial charge on any atom is -0.478 e. The van der Waals surface area contributed by atoms with Crippen LogP contribution in [0.4, 0.5) is 0 Å². The molecule has 18 heavy (non-hydrogen) atoms. The topological polar surface area (TPSA) is 55.1 Å². The molecule has 0 unspecified atom stereocenters. The van der Waals surface area contributed by atoms with Crippen molar-refractivity contribution in [3.05, 3.63) is 41.0 Å². The van der Waals surface area contributed by atoms with Crippen LogP contribution >= 0.6 is 11.6 Å². The van der Waals surface area contributed by atoms with Gasteiger partial charge in [-0.3, -0.25) is 4.68 Å². The largest absolute Gasteiger partial charge is 0.478 e. The van der Waals surface area contributed by atoms with Crippen LogP contribution in [0.5, 0.6) is 0 Å². The van der Waals surface area contributed by atoms with Gasteiger partial charge in [-0.1, -0.05) is 36.7 Å². The number of aromatic carboxylic acids is 1. The molecule has 0 fully saturated rings. The van der Waals surface area contributed by atoms with E-state index in [9.17, 15) is 9.90 Å². The molecule has 0 aliphatic carbocycles. The Hall–Kier alpha value is -1.81. The van der Waals surface area contributed by atoms with Gasteiger partial charge in [0, 0.05) is 18.3 Å². The monoisotopic (exact) mass is 264 g/mol. The first-order valence-corrected chi connectivity index (χ1v) is 6.07. The van der Waals surface area contributed by atoms with Crippen LogP contribution in [0.2, 0.25) is 5.02 Å². The quantitative estimate of drug-likeness (QED) is 0.922. The number of carboxylic acid groups (broad SMARTS) is 1. The first kappa shape index (κ1) is 12.6. The van der Waals surface area contributed by atoms with Gasteiger partial charge in [0.2, 0.25) is 0 Å². The van der Waals surface area contributed by atoms with Gasteiger partial charge in [0.15, 0.2) is 0 Å². The van der Waals surface area contributed by atoms with Gasteiger partial charge in [0.1, 0.15) is 11.3 Å². The Morgan fingerprint density at radius 3 is 2.78 bits per heavy atom. The molecule has 2 aromatic rings. The van der Waals surface area contributed by atoms with Gasteiger partial charge in [0.05, 0.1) is 5.02 Å². The zero-order valence-corrected chi connectivity index (χ0v) is 10.7. The molecule has 1 heterocycles. The third-order valence-electron chi connectivity index (χ3n) is 2.57. The number of hydrogen-bond acceptors (Lipinski definition) is 2. The Morgan fingerprint density at radius 2 is 2.17 bits per heavy atom. The summed E-state index contributed by atoms with van der Waals surface area (Å²) in [5, 5.41) is 14.0. The Labute approximate surface area is 110 Å². The maximum absolute atomic E-state index is 11.2. The van der Waals surface area contributed by atoms with Crippen LogP contribution in [-0.4, -0.2) is 20.9 Å². The van der Waals surface area contributed by atoms with Crippen LogP contribution in [0.1, 0.15) is 23.7 Å². The van der Waals surface area contributed by atoms with E-state index in [4.69, 9.17) is 11.6 Å². The number of benzene rings is 1. The van der Waals surface area contributed by atoms with Crippen molar-refractivity contribution in [2.45, 2.75) is 19.9 Å². The number of carboxylic acids is 1. The highest BCUT2D eigenvalue weighted by Crippen LogP contribution is 2.29. The van der Waals surface area contributed by atoms with Crippen LogP contribution in [0.15, 0.2) is 30.5 Å². The fraction of sp³-hybridized carbons (Fsp3) is 0.231. The summed E-state index contributed by atoms with van der Waals surface area (Å²) in [5.41, 5.74) is 1.24. The molecular formula is C13H13ClN2O2. The van der Waals surface area contributed by atoms with Crippen molar-refractivity contribution in [1.82, 2.24) is 9.78 Å². The third kappa shape index (κ3) is 2.38. The zero-order chi connectivity index (χ0) is 13.1. The van der Waals surface area contributed by atoms with E-state index in [2.05, 4.69) is 5.10 Å². The van der Waals surface area contributed by atoms with E-state index in [0.29, 0.717) is 22.8 Å². The van der Waals surface area contributed by atoms with E-state index in [1.54, 1.807) is 29.1 Å². The molecule has 0 bridgehead atoms. The van der Waals surface area contributed by atoms with E-state index in [-0.39, 0.29) is 5.56 Å². The highest BCUT2D eigenvalue weighted by Gasteiger charge is 2.18. The second kappa shape index (κ2) is 5.23. The Morgan fingerprint density at radius 1 is 1.44 bits per heavy atom. The van der Waals surface area contributed by atoms with Gasteiger partial charge in [-0.2, -0.15) is 5.10 Å². The van der Waals surface area contributed by atoms with Gasteiger partial charge >= 0.3 is 5.97 Å². The van der Waals surface area contributed by atoms with E-state index in [1.807, 2.05) is 13.0 Å². The van der Waals surface area contributed by atoms with Crippen molar-refractivity contribution in [2.24, 2.45) is 0 Å². The van der Waals surface area contributed by atoms with Crippen molar-refractivity contribution >= 4 is 17.6 Å². The number of aromatic nitrogens is 2. The van der Waals surface area contributed by atoms with Gasteiger partial charge < -0.3 is 5.11 Å². The molecule has 94 valence electrons. The molecule has 0 spiro atoms. The first-order chi connectivity index (χ1) is 8.63. The summed E-state index contributed by atoms with van der Waals surface area (Å²) in [5.74, 6) is -0.993. The van der Waals surface area contributed by atoms with Crippen LogP contribution in [0.3, 0.4) is 0 Å². The standard InChI is InChI=1S/C13H13ClN2O2/c1-2-7-16-8-10(13(17)18)12(15-16)9-5-3-4-6-11(9)14/h3-6,8H,2,7H2,1H3,(H,17,18). The normalized spacial score (nSPS) is 10.6. The predicted molar refractivity (Wildman–Crippen MR) is 69.9 cm³/mol. The summed E-state index contributed by atoms with van der Waals surface area (Å²) in [6.45, 7) is 2.70. The second-order valence-electron chi connectivity index (χ2n) is 3.94. The third-order valence-corrected chi connectivity index (χ3v) is 2.90. The summed E-state index contributed by atoms with van der Waals surface area (Å²) < 4.78 is 1.64. The van der Waals surface area contributed by atoms with E-state index in [1.165, 1.54) is 0 Å². The highest BCUT2D eigenvalue weighted by atomic mass is 35.5. The molecule has 0 radical (unpaired) electrons. The molecule has 0 amide bonds. The first-order valence-electron chi connectivity index (χ1n) is 5.69. The van der Waals surface area contributed by atoms with Crippen molar-refractivity contribution in [1.29, 1.82) is 0 Å². The molecule has 0 saturated carbocycles. The van der Waals surface area contributed by atoms with Crippen LogP contribution < -0.4 is 0 Å². The summed E-state index contributed by atoms with van der Waals surface area (Å²) in [6, 6.07) is 7.11. The van der Waals surface area contributed by atoms with Crippen molar-refractivity contribution in [2.75, 3.05) is 0 Å². The summed E-state index contributed by atoms with van der Waals surface area (Å²) in [6.07, 6.45) is 2.44. The smallest absolute Gasteiger partial charge is 0.339 e. The zero-order valence-electron chi connectivity index (χ0n) is 9.93. The van der Waals surface area contributed by atoms with E-state index >= 15 is 0 Å². The molecule has 0 aliphatic heterocycles. The lowest BCUT2D eigenvalue weighted by atomic mass is 10.1. The average Bonchev–Trinajstić information content (AvgIpc) is 2.74. The fourth-order valence-corrected chi connectivity index (χ4v) is 2.00. The Balaban J connectivity index is 2.55. The molecule has 0 atom stereocenters. The number of rotatable bonds is 4. The molecule has 0 saturated heterocycles. The molecule has 5 heteroatoms. The summed E-state index contributed by atoms with van der Waals surface area (Å²) >= 11 is 6.08. The number of carbonyl (C=O) groups is 1. The Bertz CT molecular complexity index is 578. The van der Waals surface area contributed by atoms with Gasteiger partial charge in [-0.05, 0) is 12.5 Å². The highest BCUT2D eigenvalue weighted by molar-refractivity contribution is 6.33. The number of aryl methyl sites for hydroxylation is 1. The van der Waals surface area contributed by atoms with Crippen LogP contribution in [0.25, 0.3) is 11.3 Å². The molecule has 0 aliphatic rings. The van der Waals surface area contributed by atoms with Crippen molar-refractivity contribution in [3.63, 3.8) is 0 Å². The molecule has 1 aromatic carbocycles. The summed E-state index contributed by atoms with van der Waals surface area (Å²) in [4.78, 5) is 11.2.